The van der Waals surface area contributed by atoms with Gasteiger partial charge in [-0.1, -0.05) is 29.3 Å². The predicted octanol–water partition coefficient (Wildman–Crippen LogP) is 3.46. The first-order valence-corrected chi connectivity index (χ1v) is 8.79. The average Bonchev–Trinajstić information content (AvgIpc) is 2.52. The van der Waals surface area contributed by atoms with Crippen LogP contribution in [0.5, 0.6) is 0 Å². The van der Waals surface area contributed by atoms with Crippen molar-refractivity contribution in [2.75, 3.05) is 12.4 Å². The third-order valence-corrected chi connectivity index (χ3v) is 5.43. The fraction of sp³-hybridized carbons (Fsp3) is 0.133. The van der Waals surface area contributed by atoms with Gasteiger partial charge in [-0.2, -0.15) is 0 Å². The van der Waals surface area contributed by atoms with E-state index in [1.54, 1.807) is 25.1 Å². The number of benzene rings is 2. The summed E-state index contributed by atoms with van der Waals surface area (Å²) in [6, 6.07) is 9.03. The normalized spacial score (nSPS) is 11.3. The van der Waals surface area contributed by atoms with Gasteiger partial charge in [0, 0.05) is 10.7 Å². The molecule has 2 rings (SSSR count). The number of anilines is 1. The molecule has 0 fully saturated rings. The minimum absolute atomic E-state index is 0.0441. The van der Waals surface area contributed by atoms with Crippen molar-refractivity contribution >= 4 is 44.8 Å². The van der Waals surface area contributed by atoms with Gasteiger partial charge in [-0.05, 0) is 49.9 Å². The molecule has 0 bridgehead atoms. The van der Waals surface area contributed by atoms with Crippen LogP contribution in [0.2, 0.25) is 10.0 Å². The fourth-order valence-corrected chi connectivity index (χ4v) is 3.03. The van der Waals surface area contributed by atoms with Gasteiger partial charge in [-0.15, -0.1) is 0 Å². The molecule has 1 amide bonds. The van der Waals surface area contributed by atoms with E-state index in [0.29, 0.717) is 16.3 Å². The zero-order valence-electron chi connectivity index (χ0n) is 12.4. The molecular weight excluding hydrogens is 359 g/mol. The van der Waals surface area contributed by atoms with Gasteiger partial charge in [0.1, 0.15) is 0 Å². The lowest BCUT2D eigenvalue weighted by Gasteiger charge is -2.11. The highest BCUT2D eigenvalue weighted by molar-refractivity contribution is 7.89. The van der Waals surface area contributed by atoms with E-state index in [9.17, 15) is 13.2 Å². The van der Waals surface area contributed by atoms with E-state index in [2.05, 4.69) is 10.0 Å². The molecule has 0 spiro atoms. The molecule has 0 atom stereocenters. The Morgan fingerprint density at radius 3 is 2.43 bits per heavy atom. The first kappa shape index (κ1) is 17.7. The predicted molar refractivity (Wildman–Crippen MR) is 91.8 cm³/mol. The van der Waals surface area contributed by atoms with E-state index in [1.807, 2.05) is 0 Å². The molecule has 0 aliphatic rings. The molecule has 2 aromatic carbocycles. The number of carbonyl (C=O) groups excluding carboxylic acids is 1. The van der Waals surface area contributed by atoms with Crippen molar-refractivity contribution in [3.8, 4) is 0 Å². The molecule has 0 unspecified atom stereocenters. The summed E-state index contributed by atoms with van der Waals surface area (Å²) in [7, 11) is -2.38. The maximum atomic E-state index is 12.4. The van der Waals surface area contributed by atoms with Crippen molar-refractivity contribution in [2.24, 2.45) is 0 Å². The van der Waals surface area contributed by atoms with Gasteiger partial charge in [0.15, 0.2) is 0 Å². The number of carbonyl (C=O) groups is 1. The first-order valence-electron chi connectivity index (χ1n) is 6.56. The van der Waals surface area contributed by atoms with Crippen molar-refractivity contribution < 1.29 is 13.2 Å². The summed E-state index contributed by atoms with van der Waals surface area (Å²) in [5.41, 5.74) is 1.29. The van der Waals surface area contributed by atoms with Crippen molar-refractivity contribution in [3.05, 3.63) is 57.6 Å². The number of hydrogen-bond donors (Lipinski definition) is 2. The zero-order chi connectivity index (χ0) is 17.2. The summed E-state index contributed by atoms with van der Waals surface area (Å²) < 4.78 is 25.9. The van der Waals surface area contributed by atoms with E-state index in [4.69, 9.17) is 23.2 Å². The second-order valence-corrected chi connectivity index (χ2v) is 7.42. The monoisotopic (exact) mass is 372 g/mol. The molecule has 122 valence electrons. The highest BCUT2D eigenvalue weighted by Gasteiger charge is 2.18. The summed E-state index contributed by atoms with van der Waals surface area (Å²) in [6.07, 6.45) is 0. The van der Waals surface area contributed by atoms with Gasteiger partial charge >= 0.3 is 0 Å². The molecule has 5 nitrogen and oxygen atoms in total. The Labute approximate surface area is 144 Å². The van der Waals surface area contributed by atoms with Crippen LogP contribution in [0.1, 0.15) is 15.9 Å². The van der Waals surface area contributed by atoms with Crippen LogP contribution in [0.25, 0.3) is 0 Å². The third-order valence-electron chi connectivity index (χ3n) is 3.28. The van der Waals surface area contributed by atoms with E-state index in [1.165, 1.54) is 25.2 Å². The second-order valence-electron chi connectivity index (χ2n) is 4.72. The van der Waals surface area contributed by atoms with Gasteiger partial charge in [0.25, 0.3) is 5.91 Å². The number of halogens is 2. The summed E-state index contributed by atoms with van der Waals surface area (Å²) in [4.78, 5) is 12.4. The van der Waals surface area contributed by atoms with Crippen LogP contribution in [0.4, 0.5) is 5.69 Å². The molecule has 8 heteroatoms. The van der Waals surface area contributed by atoms with Crippen molar-refractivity contribution in [2.45, 2.75) is 11.8 Å². The minimum atomic E-state index is -3.67. The zero-order valence-corrected chi connectivity index (χ0v) is 14.7. The highest BCUT2D eigenvalue weighted by Crippen LogP contribution is 2.25. The minimum Gasteiger partial charge on any atom is -0.322 e. The number of rotatable bonds is 4. The number of sulfonamides is 1. The Bertz CT molecular complexity index is 867. The van der Waals surface area contributed by atoms with Gasteiger partial charge in [-0.3, -0.25) is 4.79 Å². The lowest BCUT2D eigenvalue weighted by molar-refractivity contribution is 0.102. The van der Waals surface area contributed by atoms with Crippen LogP contribution < -0.4 is 10.0 Å². The molecule has 23 heavy (non-hydrogen) atoms. The van der Waals surface area contributed by atoms with E-state index >= 15 is 0 Å². The molecule has 0 heterocycles. The smallest absolute Gasteiger partial charge is 0.257 e. The molecule has 2 N–H and O–H groups in total. The average molecular weight is 373 g/mol. The Hall–Kier alpha value is -1.60. The molecular formula is C15H14Cl2N2O3S. The SMILES string of the molecule is CNS(=O)(=O)c1ccc(Cl)c(C(=O)Nc2cccc(Cl)c2C)c1. The summed E-state index contributed by atoms with van der Waals surface area (Å²) >= 11 is 12.0. The topological polar surface area (TPSA) is 75.3 Å². The van der Waals surface area contributed by atoms with Crippen LogP contribution in [-0.4, -0.2) is 21.4 Å². The Morgan fingerprint density at radius 2 is 1.78 bits per heavy atom. The number of nitrogens with one attached hydrogen (secondary N) is 2. The second kappa shape index (κ2) is 6.88. The maximum absolute atomic E-state index is 12.4. The van der Waals surface area contributed by atoms with Crippen LogP contribution >= 0.6 is 23.2 Å². The third kappa shape index (κ3) is 3.84. The summed E-state index contributed by atoms with van der Waals surface area (Å²) in [5.74, 6) is -0.520. The lowest BCUT2D eigenvalue weighted by Crippen LogP contribution is -2.20. The van der Waals surface area contributed by atoms with Crippen LogP contribution in [-0.2, 0) is 10.0 Å². The van der Waals surface area contributed by atoms with E-state index < -0.39 is 15.9 Å². The molecule has 0 radical (unpaired) electrons. The summed E-state index contributed by atoms with van der Waals surface area (Å²) in [6.45, 7) is 1.77. The maximum Gasteiger partial charge on any atom is 0.257 e. The largest absolute Gasteiger partial charge is 0.322 e. The standard InChI is InChI=1S/C15H14Cl2N2O3S/c1-9-12(16)4-3-5-14(9)19-15(20)11-8-10(6-7-13(11)17)23(21,22)18-2/h3-8,18H,1-2H3,(H,19,20). The quantitative estimate of drug-likeness (QED) is 0.862. The molecule has 0 aromatic heterocycles. The number of amides is 1. The summed E-state index contributed by atoms with van der Waals surface area (Å²) in [5, 5.41) is 3.35. The lowest BCUT2D eigenvalue weighted by atomic mass is 10.1. The van der Waals surface area contributed by atoms with E-state index in [0.717, 1.165) is 0 Å². The molecule has 2 aromatic rings. The molecule has 0 saturated carbocycles. The Kier molecular flexibility index (Phi) is 5.31. The van der Waals surface area contributed by atoms with Gasteiger partial charge < -0.3 is 5.32 Å². The van der Waals surface area contributed by atoms with Gasteiger partial charge in [0.2, 0.25) is 10.0 Å². The number of hydrogen-bond acceptors (Lipinski definition) is 3. The van der Waals surface area contributed by atoms with Crippen LogP contribution in [0.3, 0.4) is 0 Å². The Morgan fingerprint density at radius 1 is 1.09 bits per heavy atom. The fourth-order valence-electron chi connectivity index (χ4n) is 1.90. The van der Waals surface area contributed by atoms with Crippen LogP contribution in [0, 0.1) is 6.92 Å². The first-order chi connectivity index (χ1) is 10.8. The highest BCUT2D eigenvalue weighted by atomic mass is 35.5. The molecule has 0 saturated heterocycles. The van der Waals surface area contributed by atoms with Crippen molar-refractivity contribution in [1.29, 1.82) is 0 Å². The Balaban J connectivity index is 2.40. The van der Waals surface area contributed by atoms with Gasteiger partial charge in [-0.25, -0.2) is 13.1 Å². The van der Waals surface area contributed by atoms with E-state index in [-0.39, 0.29) is 15.5 Å². The van der Waals surface area contributed by atoms with Crippen molar-refractivity contribution in [3.63, 3.8) is 0 Å². The van der Waals surface area contributed by atoms with Gasteiger partial charge in [0.05, 0.1) is 15.5 Å². The molecule has 0 aliphatic carbocycles. The molecule has 0 aliphatic heterocycles. The van der Waals surface area contributed by atoms with Crippen LogP contribution in [0.15, 0.2) is 41.3 Å². The van der Waals surface area contributed by atoms with Crippen molar-refractivity contribution in [1.82, 2.24) is 4.72 Å².